The molecule has 0 aliphatic heterocycles. The van der Waals surface area contributed by atoms with Crippen molar-refractivity contribution in [3.63, 3.8) is 0 Å². The molecular formula is C21H22O6. The summed E-state index contributed by atoms with van der Waals surface area (Å²) in [6, 6.07) is 11.0. The van der Waals surface area contributed by atoms with Crippen LogP contribution in [0.15, 0.2) is 54.6 Å². The highest BCUT2D eigenvalue weighted by Gasteiger charge is 2.12. The molecule has 142 valence electrons. The summed E-state index contributed by atoms with van der Waals surface area (Å²) in [6.45, 7) is 0. The highest BCUT2D eigenvalue weighted by Crippen LogP contribution is 2.36. The molecule has 6 heteroatoms. The van der Waals surface area contributed by atoms with Gasteiger partial charge in [0.15, 0.2) is 23.0 Å². The van der Waals surface area contributed by atoms with Gasteiger partial charge in [0, 0.05) is 6.08 Å². The van der Waals surface area contributed by atoms with E-state index in [1.807, 2.05) is 24.3 Å². The summed E-state index contributed by atoms with van der Waals surface area (Å²) in [5.74, 6) is 1.33. The number of carbonyl (C=O) groups is 1. The van der Waals surface area contributed by atoms with Gasteiger partial charge in [-0.25, -0.2) is 4.79 Å². The van der Waals surface area contributed by atoms with Crippen LogP contribution in [0.25, 0.3) is 5.57 Å². The van der Waals surface area contributed by atoms with E-state index >= 15 is 0 Å². The first-order chi connectivity index (χ1) is 13.0. The third kappa shape index (κ3) is 4.82. The fourth-order valence-electron chi connectivity index (χ4n) is 2.59. The summed E-state index contributed by atoms with van der Waals surface area (Å²) < 4.78 is 21.3. The Balaban J connectivity index is 2.61. The van der Waals surface area contributed by atoms with Crippen LogP contribution in [-0.4, -0.2) is 39.5 Å². The molecule has 0 heterocycles. The summed E-state index contributed by atoms with van der Waals surface area (Å²) >= 11 is 0. The van der Waals surface area contributed by atoms with Gasteiger partial charge in [0.25, 0.3) is 0 Å². The number of carboxylic acid groups (broad SMARTS) is 1. The van der Waals surface area contributed by atoms with E-state index in [0.717, 1.165) is 22.8 Å². The monoisotopic (exact) mass is 370 g/mol. The van der Waals surface area contributed by atoms with Crippen molar-refractivity contribution in [3.05, 3.63) is 65.8 Å². The van der Waals surface area contributed by atoms with Crippen LogP contribution in [0, 0.1) is 0 Å². The molecule has 2 rings (SSSR count). The molecule has 1 N–H and O–H groups in total. The molecule has 0 bridgehead atoms. The van der Waals surface area contributed by atoms with Gasteiger partial charge in [-0.2, -0.15) is 0 Å². The van der Waals surface area contributed by atoms with Gasteiger partial charge in [-0.3, -0.25) is 0 Å². The number of rotatable bonds is 8. The van der Waals surface area contributed by atoms with E-state index in [-0.39, 0.29) is 0 Å². The molecule has 0 radical (unpaired) electrons. The summed E-state index contributed by atoms with van der Waals surface area (Å²) in [7, 11) is 6.26. The Hall–Kier alpha value is -3.41. The lowest BCUT2D eigenvalue weighted by Gasteiger charge is -2.14. The van der Waals surface area contributed by atoms with Crippen LogP contribution in [0.2, 0.25) is 0 Å². The number of carboxylic acids is 1. The van der Waals surface area contributed by atoms with Crippen molar-refractivity contribution in [3.8, 4) is 23.0 Å². The Kier molecular flexibility index (Phi) is 6.88. The summed E-state index contributed by atoms with van der Waals surface area (Å²) in [6.07, 6.45) is 4.27. The first kappa shape index (κ1) is 19.9. The Morgan fingerprint density at radius 3 is 1.59 bits per heavy atom. The van der Waals surface area contributed by atoms with E-state index in [2.05, 4.69) is 0 Å². The normalized spacial score (nSPS) is 10.4. The molecule has 6 nitrogen and oxygen atoms in total. The second kappa shape index (κ2) is 9.33. The molecule has 0 saturated carbocycles. The molecule has 2 aromatic rings. The molecule has 0 atom stereocenters. The van der Waals surface area contributed by atoms with Gasteiger partial charge in [0.1, 0.15) is 0 Å². The summed E-state index contributed by atoms with van der Waals surface area (Å²) in [5, 5.41) is 8.88. The SMILES string of the molecule is COc1ccc(C(=C/C=C/C(=O)O)c2ccc(OC)c(OC)c2)cc1OC. The maximum atomic E-state index is 10.8. The molecule has 0 aliphatic carbocycles. The Morgan fingerprint density at radius 2 is 1.22 bits per heavy atom. The van der Waals surface area contributed by atoms with Crippen molar-refractivity contribution in [1.82, 2.24) is 0 Å². The number of aliphatic carboxylic acids is 1. The topological polar surface area (TPSA) is 74.2 Å². The van der Waals surface area contributed by atoms with Gasteiger partial charge in [0.05, 0.1) is 28.4 Å². The van der Waals surface area contributed by atoms with Crippen molar-refractivity contribution in [2.24, 2.45) is 0 Å². The molecule has 0 fully saturated rings. The third-order valence-corrected chi connectivity index (χ3v) is 3.89. The van der Waals surface area contributed by atoms with E-state index in [0.29, 0.717) is 23.0 Å². The fraction of sp³-hybridized carbons (Fsp3) is 0.190. The zero-order chi connectivity index (χ0) is 19.8. The average Bonchev–Trinajstić information content (AvgIpc) is 2.70. The van der Waals surface area contributed by atoms with Crippen molar-refractivity contribution in [2.75, 3.05) is 28.4 Å². The van der Waals surface area contributed by atoms with Crippen molar-refractivity contribution < 1.29 is 28.8 Å². The number of ether oxygens (including phenoxy) is 4. The molecule has 0 amide bonds. The zero-order valence-corrected chi connectivity index (χ0v) is 15.7. The number of allylic oxidation sites excluding steroid dienone is 2. The van der Waals surface area contributed by atoms with Crippen LogP contribution in [0.1, 0.15) is 11.1 Å². The predicted molar refractivity (Wildman–Crippen MR) is 103 cm³/mol. The van der Waals surface area contributed by atoms with Crippen LogP contribution in [0.5, 0.6) is 23.0 Å². The van der Waals surface area contributed by atoms with Gasteiger partial charge < -0.3 is 24.1 Å². The Bertz CT molecular complexity index is 809. The van der Waals surface area contributed by atoms with E-state index < -0.39 is 5.97 Å². The largest absolute Gasteiger partial charge is 0.493 e. The van der Waals surface area contributed by atoms with Gasteiger partial charge in [-0.15, -0.1) is 0 Å². The number of hydrogen-bond donors (Lipinski definition) is 1. The van der Waals surface area contributed by atoms with Crippen LogP contribution in [0.4, 0.5) is 0 Å². The average molecular weight is 370 g/mol. The van der Waals surface area contributed by atoms with Gasteiger partial charge in [0.2, 0.25) is 0 Å². The molecule has 0 aliphatic rings. The van der Waals surface area contributed by atoms with E-state index in [1.165, 1.54) is 6.08 Å². The molecule has 27 heavy (non-hydrogen) atoms. The van der Waals surface area contributed by atoms with Crippen LogP contribution >= 0.6 is 0 Å². The first-order valence-electron chi connectivity index (χ1n) is 8.10. The van der Waals surface area contributed by atoms with Gasteiger partial charge >= 0.3 is 5.97 Å². The minimum absolute atomic E-state index is 0.573. The molecule has 0 saturated heterocycles. The standard InChI is InChI=1S/C21H22O6/c1-24-17-10-8-14(12-19(17)26-3)16(6-5-7-21(22)23)15-9-11-18(25-2)20(13-15)27-4/h5-13H,1-4H3,(H,22,23)/b7-5+. The lowest BCUT2D eigenvalue weighted by atomic mass is 9.96. The van der Waals surface area contributed by atoms with Crippen molar-refractivity contribution in [1.29, 1.82) is 0 Å². The number of benzene rings is 2. The highest BCUT2D eigenvalue weighted by molar-refractivity contribution is 5.85. The third-order valence-electron chi connectivity index (χ3n) is 3.89. The lowest BCUT2D eigenvalue weighted by molar-refractivity contribution is -0.131. The minimum Gasteiger partial charge on any atom is -0.493 e. The van der Waals surface area contributed by atoms with Gasteiger partial charge in [-0.05, 0) is 41.0 Å². The highest BCUT2D eigenvalue weighted by atomic mass is 16.5. The van der Waals surface area contributed by atoms with E-state index in [4.69, 9.17) is 24.1 Å². The first-order valence-corrected chi connectivity index (χ1v) is 8.10. The molecular weight excluding hydrogens is 348 g/mol. The Labute approximate surface area is 158 Å². The quantitative estimate of drug-likeness (QED) is 0.563. The van der Waals surface area contributed by atoms with Crippen LogP contribution in [-0.2, 0) is 4.79 Å². The van der Waals surface area contributed by atoms with Crippen LogP contribution < -0.4 is 18.9 Å². The molecule has 0 unspecified atom stereocenters. The number of methoxy groups -OCH3 is 4. The maximum Gasteiger partial charge on any atom is 0.328 e. The lowest BCUT2D eigenvalue weighted by Crippen LogP contribution is -1.96. The fourth-order valence-corrected chi connectivity index (χ4v) is 2.59. The van der Waals surface area contributed by atoms with Crippen LogP contribution in [0.3, 0.4) is 0 Å². The molecule has 0 aromatic heterocycles. The zero-order valence-electron chi connectivity index (χ0n) is 15.7. The molecule has 0 spiro atoms. The second-order valence-electron chi connectivity index (χ2n) is 5.42. The van der Waals surface area contributed by atoms with Crippen molar-refractivity contribution >= 4 is 11.5 Å². The van der Waals surface area contributed by atoms with Gasteiger partial charge in [-0.1, -0.05) is 24.3 Å². The second-order valence-corrected chi connectivity index (χ2v) is 5.42. The van der Waals surface area contributed by atoms with E-state index in [1.54, 1.807) is 46.6 Å². The minimum atomic E-state index is -1.02. The summed E-state index contributed by atoms with van der Waals surface area (Å²) in [5.41, 5.74) is 2.44. The van der Waals surface area contributed by atoms with Crippen molar-refractivity contribution in [2.45, 2.75) is 0 Å². The molecule has 2 aromatic carbocycles. The Morgan fingerprint density at radius 1 is 0.778 bits per heavy atom. The smallest absolute Gasteiger partial charge is 0.328 e. The summed E-state index contributed by atoms with van der Waals surface area (Å²) in [4.78, 5) is 10.8. The number of hydrogen-bond acceptors (Lipinski definition) is 5. The predicted octanol–water partition coefficient (Wildman–Crippen LogP) is 3.79. The van der Waals surface area contributed by atoms with E-state index in [9.17, 15) is 4.79 Å². The maximum absolute atomic E-state index is 10.8.